The first kappa shape index (κ1) is 27.8. The van der Waals surface area contributed by atoms with Gasteiger partial charge in [-0.25, -0.2) is 4.98 Å². The summed E-state index contributed by atoms with van der Waals surface area (Å²) in [6, 6.07) is 17.0. The van der Waals surface area contributed by atoms with Crippen LogP contribution in [-0.2, 0) is 18.9 Å². The topological polar surface area (TPSA) is 38.1 Å². The van der Waals surface area contributed by atoms with Crippen molar-refractivity contribution in [2.45, 2.75) is 37.8 Å². The van der Waals surface area contributed by atoms with Gasteiger partial charge in [0.15, 0.2) is 5.69 Å². The standard InChI is InChI=1S/C29H22ClF6N3O/c30-23-10-5-4-9-22(23)24-11-6-12-39(24)27(40)25-26(19-7-2-1-3-8-19)38(17-37-25)16-18-13-20(28(31,32)33)15-21(14-18)29(34,35)36/h1-5,7-10,13-15,17,24H,6,11-12,16H2/t24-/m0/s1. The van der Waals surface area contributed by atoms with Gasteiger partial charge in [0.25, 0.3) is 5.91 Å². The minimum Gasteiger partial charge on any atom is -0.330 e. The fraction of sp³-hybridized carbons (Fsp3) is 0.241. The van der Waals surface area contributed by atoms with Gasteiger partial charge in [0.05, 0.1) is 29.2 Å². The highest BCUT2D eigenvalue weighted by Gasteiger charge is 2.38. The van der Waals surface area contributed by atoms with Crippen molar-refractivity contribution in [1.82, 2.24) is 14.5 Å². The van der Waals surface area contributed by atoms with E-state index in [4.69, 9.17) is 11.6 Å². The summed E-state index contributed by atoms with van der Waals surface area (Å²) < 4.78 is 82.2. The maximum absolute atomic E-state index is 13.9. The molecule has 4 nitrogen and oxygen atoms in total. The zero-order valence-corrected chi connectivity index (χ0v) is 21.6. The van der Waals surface area contributed by atoms with E-state index in [-0.39, 0.29) is 29.9 Å². The second-order valence-electron chi connectivity index (χ2n) is 9.53. The van der Waals surface area contributed by atoms with Crippen molar-refractivity contribution in [3.8, 4) is 11.3 Å². The number of aromatic nitrogens is 2. The van der Waals surface area contributed by atoms with Crippen LogP contribution < -0.4 is 0 Å². The summed E-state index contributed by atoms with van der Waals surface area (Å²) >= 11 is 6.41. The molecule has 2 heterocycles. The van der Waals surface area contributed by atoms with Crippen LogP contribution in [0.4, 0.5) is 26.3 Å². The van der Waals surface area contributed by atoms with Crippen molar-refractivity contribution in [1.29, 1.82) is 0 Å². The number of carbonyl (C=O) groups is 1. The van der Waals surface area contributed by atoms with Gasteiger partial charge in [-0.05, 0) is 48.2 Å². The van der Waals surface area contributed by atoms with Gasteiger partial charge in [0, 0.05) is 23.7 Å². The largest absolute Gasteiger partial charge is 0.416 e. The first-order chi connectivity index (χ1) is 18.9. The van der Waals surface area contributed by atoms with Crippen LogP contribution >= 0.6 is 11.6 Å². The van der Waals surface area contributed by atoms with Gasteiger partial charge >= 0.3 is 12.4 Å². The lowest BCUT2D eigenvalue weighted by Gasteiger charge is -2.25. The van der Waals surface area contributed by atoms with E-state index in [9.17, 15) is 31.1 Å². The number of imidazole rings is 1. The third-order valence-electron chi connectivity index (χ3n) is 6.87. The molecule has 5 rings (SSSR count). The second-order valence-corrected chi connectivity index (χ2v) is 9.94. The van der Waals surface area contributed by atoms with Crippen LogP contribution in [0.2, 0.25) is 5.02 Å². The molecule has 11 heteroatoms. The molecule has 1 aliphatic heterocycles. The molecule has 1 amide bonds. The summed E-state index contributed by atoms with van der Waals surface area (Å²) in [6.07, 6.45) is -7.27. The van der Waals surface area contributed by atoms with E-state index in [2.05, 4.69) is 4.98 Å². The minimum absolute atomic E-state index is 0.0492. The highest BCUT2D eigenvalue weighted by atomic mass is 35.5. The van der Waals surface area contributed by atoms with Gasteiger partial charge < -0.3 is 9.47 Å². The van der Waals surface area contributed by atoms with Gasteiger partial charge in [0.1, 0.15) is 0 Å². The third kappa shape index (κ3) is 5.58. The molecule has 0 saturated carbocycles. The van der Waals surface area contributed by atoms with Crippen molar-refractivity contribution in [3.05, 3.63) is 112 Å². The Morgan fingerprint density at radius 2 is 1.52 bits per heavy atom. The molecule has 40 heavy (non-hydrogen) atoms. The number of carbonyl (C=O) groups excluding carboxylic acids is 1. The Kier molecular flexibility index (Phi) is 7.39. The lowest BCUT2D eigenvalue weighted by Crippen LogP contribution is -2.31. The first-order valence-corrected chi connectivity index (χ1v) is 12.8. The van der Waals surface area contributed by atoms with Crippen LogP contribution in [0.25, 0.3) is 11.3 Å². The number of hydrogen-bond donors (Lipinski definition) is 0. The molecule has 208 valence electrons. The van der Waals surface area contributed by atoms with E-state index in [1.807, 2.05) is 12.1 Å². The number of halogens is 7. The number of amides is 1. The Morgan fingerprint density at radius 1 is 0.900 bits per heavy atom. The van der Waals surface area contributed by atoms with Crippen molar-refractivity contribution in [2.24, 2.45) is 0 Å². The summed E-state index contributed by atoms with van der Waals surface area (Å²) in [7, 11) is 0. The maximum atomic E-state index is 13.9. The zero-order valence-electron chi connectivity index (χ0n) is 20.8. The van der Waals surface area contributed by atoms with Crippen LogP contribution in [-0.4, -0.2) is 26.9 Å². The van der Waals surface area contributed by atoms with E-state index in [0.717, 1.165) is 12.0 Å². The summed E-state index contributed by atoms with van der Waals surface area (Å²) in [5.74, 6) is -0.403. The Bertz CT molecular complexity index is 1500. The van der Waals surface area contributed by atoms with Crippen molar-refractivity contribution in [3.63, 3.8) is 0 Å². The molecular weight excluding hydrogens is 556 g/mol. The number of benzene rings is 3. The molecule has 1 aromatic heterocycles. The number of alkyl halides is 6. The van der Waals surface area contributed by atoms with Crippen molar-refractivity contribution >= 4 is 17.5 Å². The van der Waals surface area contributed by atoms with E-state index < -0.39 is 29.4 Å². The number of hydrogen-bond acceptors (Lipinski definition) is 2. The van der Waals surface area contributed by atoms with Crippen LogP contribution in [0.1, 0.15) is 51.6 Å². The maximum Gasteiger partial charge on any atom is 0.416 e. The monoisotopic (exact) mass is 577 g/mol. The van der Waals surface area contributed by atoms with E-state index >= 15 is 0 Å². The quantitative estimate of drug-likeness (QED) is 0.224. The zero-order chi connectivity index (χ0) is 28.7. The molecule has 0 N–H and O–H groups in total. The first-order valence-electron chi connectivity index (χ1n) is 12.4. The Labute approximate surface area is 230 Å². The predicted octanol–water partition coefficient (Wildman–Crippen LogP) is 8.27. The predicted molar refractivity (Wildman–Crippen MR) is 138 cm³/mol. The van der Waals surface area contributed by atoms with Crippen LogP contribution in [0.3, 0.4) is 0 Å². The van der Waals surface area contributed by atoms with E-state index in [0.29, 0.717) is 41.4 Å². The second kappa shape index (κ2) is 10.6. The van der Waals surface area contributed by atoms with Crippen molar-refractivity contribution < 1.29 is 31.1 Å². The van der Waals surface area contributed by atoms with Gasteiger partial charge in [-0.1, -0.05) is 60.1 Å². The van der Waals surface area contributed by atoms with Gasteiger partial charge in [-0.2, -0.15) is 26.3 Å². The molecular formula is C29H22ClF6N3O. The molecule has 4 aromatic rings. The molecule has 1 aliphatic rings. The third-order valence-corrected chi connectivity index (χ3v) is 7.21. The number of likely N-dealkylation sites (tertiary alicyclic amines) is 1. The number of nitrogens with zero attached hydrogens (tertiary/aromatic N) is 3. The smallest absolute Gasteiger partial charge is 0.330 e. The molecule has 0 spiro atoms. The molecule has 3 aromatic carbocycles. The van der Waals surface area contributed by atoms with Gasteiger partial charge in [-0.15, -0.1) is 0 Å². The summed E-state index contributed by atoms with van der Waals surface area (Å²) in [5, 5.41) is 0.519. The minimum atomic E-state index is -4.97. The fourth-order valence-corrected chi connectivity index (χ4v) is 5.34. The molecule has 0 radical (unpaired) electrons. The SMILES string of the molecule is O=C(c1ncn(Cc2cc(C(F)(F)F)cc(C(F)(F)F)c2)c1-c1ccccc1)N1CCC[C@H]1c1ccccc1Cl. The van der Waals surface area contributed by atoms with Crippen LogP contribution in [0, 0.1) is 0 Å². The summed E-state index contributed by atoms with van der Waals surface area (Å²) in [6.45, 7) is 0.0732. The van der Waals surface area contributed by atoms with E-state index in [1.165, 1.54) is 10.9 Å². The molecule has 1 saturated heterocycles. The number of rotatable bonds is 5. The molecule has 1 fully saturated rings. The fourth-order valence-electron chi connectivity index (χ4n) is 5.08. The average Bonchev–Trinajstić information content (AvgIpc) is 3.56. The normalized spacial score (nSPS) is 16.0. The lowest BCUT2D eigenvalue weighted by atomic mass is 10.0. The average molecular weight is 578 g/mol. The Balaban J connectivity index is 1.57. The van der Waals surface area contributed by atoms with Gasteiger partial charge in [0.2, 0.25) is 0 Å². The lowest BCUT2D eigenvalue weighted by molar-refractivity contribution is -0.143. The summed E-state index contributed by atoms with van der Waals surface area (Å²) in [5.41, 5.74) is -1.37. The van der Waals surface area contributed by atoms with E-state index in [1.54, 1.807) is 47.4 Å². The van der Waals surface area contributed by atoms with Crippen molar-refractivity contribution in [2.75, 3.05) is 6.54 Å². The molecule has 1 atom stereocenters. The van der Waals surface area contributed by atoms with Crippen LogP contribution in [0.5, 0.6) is 0 Å². The highest BCUT2D eigenvalue weighted by molar-refractivity contribution is 6.31. The highest BCUT2D eigenvalue weighted by Crippen LogP contribution is 2.39. The van der Waals surface area contributed by atoms with Crippen LogP contribution in [0.15, 0.2) is 79.1 Å². The van der Waals surface area contributed by atoms with Gasteiger partial charge in [-0.3, -0.25) is 4.79 Å². The Morgan fingerprint density at radius 3 is 2.15 bits per heavy atom. The Hall–Kier alpha value is -3.79. The summed E-state index contributed by atoms with van der Waals surface area (Å²) in [4.78, 5) is 19.9. The molecule has 0 aliphatic carbocycles. The molecule has 0 unspecified atom stereocenters. The molecule has 0 bridgehead atoms.